The fourth-order valence-electron chi connectivity index (χ4n) is 1.72. The van der Waals surface area contributed by atoms with Crippen molar-refractivity contribution in [3.63, 3.8) is 0 Å². The second-order valence-corrected chi connectivity index (χ2v) is 6.98. The van der Waals surface area contributed by atoms with Gasteiger partial charge in [-0.25, -0.2) is 0 Å². The van der Waals surface area contributed by atoms with Crippen molar-refractivity contribution >= 4 is 15.9 Å². The summed E-state index contributed by atoms with van der Waals surface area (Å²) in [5.74, 6) is 0. The molecule has 90 valence electrons. The van der Waals surface area contributed by atoms with Crippen LogP contribution in [-0.4, -0.2) is 5.33 Å². The average Bonchev–Trinajstić information content (AvgIpc) is 2.16. The van der Waals surface area contributed by atoms with Gasteiger partial charge in [0, 0.05) is 5.33 Å². The second kappa shape index (κ2) is 4.91. The van der Waals surface area contributed by atoms with Crippen LogP contribution in [0.2, 0.25) is 0 Å². The van der Waals surface area contributed by atoms with Gasteiger partial charge in [-0.2, -0.15) is 0 Å². The van der Waals surface area contributed by atoms with Crippen molar-refractivity contribution in [1.29, 1.82) is 0 Å². The molecule has 1 heteroatoms. The highest BCUT2D eigenvalue weighted by Crippen LogP contribution is 2.26. The Morgan fingerprint density at radius 2 is 1.44 bits per heavy atom. The van der Waals surface area contributed by atoms with Crippen molar-refractivity contribution in [2.45, 2.75) is 46.5 Å². The Morgan fingerprint density at radius 3 is 1.81 bits per heavy atom. The van der Waals surface area contributed by atoms with Crippen molar-refractivity contribution in [2.24, 2.45) is 5.41 Å². The monoisotopic (exact) mass is 282 g/mol. The highest BCUT2D eigenvalue weighted by molar-refractivity contribution is 9.09. The summed E-state index contributed by atoms with van der Waals surface area (Å²) in [5, 5.41) is 1.04. The molecule has 0 spiro atoms. The first-order chi connectivity index (χ1) is 7.24. The Hall–Kier alpha value is -0.300. The fraction of sp³-hybridized carbons (Fsp3) is 0.600. The van der Waals surface area contributed by atoms with Crippen LogP contribution in [0.15, 0.2) is 24.3 Å². The third kappa shape index (κ3) is 3.93. The Kier molecular flexibility index (Phi) is 4.23. The van der Waals surface area contributed by atoms with E-state index in [0.717, 1.165) is 11.8 Å². The van der Waals surface area contributed by atoms with E-state index in [1.807, 2.05) is 0 Å². The normalized spacial score (nSPS) is 12.9. The van der Waals surface area contributed by atoms with E-state index in [0.29, 0.717) is 5.41 Å². The number of alkyl halides is 1. The lowest BCUT2D eigenvalue weighted by molar-refractivity contribution is 0.425. The van der Waals surface area contributed by atoms with Gasteiger partial charge >= 0.3 is 0 Å². The molecule has 16 heavy (non-hydrogen) atoms. The largest absolute Gasteiger partial charge is 0.0922 e. The minimum Gasteiger partial charge on any atom is -0.0922 e. The number of halogens is 1. The van der Waals surface area contributed by atoms with E-state index >= 15 is 0 Å². The zero-order valence-corrected chi connectivity index (χ0v) is 12.7. The van der Waals surface area contributed by atoms with Gasteiger partial charge in [-0.1, -0.05) is 74.8 Å². The first kappa shape index (κ1) is 13.8. The summed E-state index contributed by atoms with van der Waals surface area (Å²) in [6, 6.07) is 9.06. The van der Waals surface area contributed by atoms with Crippen LogP contribution in [0, 0.1) is 5.41 Å². The summed E-state index contributed by atoms with van der Waals surface area (Å²) in [5.41, 5.74) is 3.43. The minimum atomic E-state index is 0.253. The third-order valence-electron chi connectivity index (χ3n) is 2.86. The molecule has 0 bridgehead atoms. The topological polar surface area (TPSA) is 0 Å². The van der Waals surface area contributed by atoms with Gasteiger partial charge in [0.05, 0.1) is 0 Å². The van der Waals surface area contributed by atoms with Gasteiger partial charge in [-0.3, -0.25) is 0 Å². The quantitative estimate of drug-likeness (QED) is 0.689. The number of rotatable bonds is 3. The number of hydrogen-bond acceptors (Lipinski definition) is 0. The van der Waals surface area contributed by atoms with Crippen molar-refractivity contribution < 1.29 is 0 Å². The summed E-state index contributed by atoms with van der Waals surface area (Å²) in [4.78, 5) is 0. The molecule has 0 aromatic heterocycles. The standard InChI is InChI=1S/C15H23Br/c1-14(2,3)13-8-6-12(7-9-13)10-15(4,5)11-16/h6-9H,10-11H2,1-5H3. The molecule has 0 nitrogen and oxygen atoms in total. The molecular formula is C15H23Br. The Labute approximate surface area is 109 Å². The lowest BCUT2D eigenvalue weighted by atomic mass is 9.84. The van der Waals surface area contributed by atoms with E-state index in [1.54, 1.807) is 0 Å². The molecule has 0 heterocycles. The summed E-state index contributed by atoms with van der Waals surface area (Å²) < 4.78 is 0. The summed E-state index contributed by atoms with van der Waals surface area (Å²) in [7, 11) is 0. The first-order valence-corrected chi connectivity index (χ1v) is 7.02. The zero-order chi connectivity index (χ0) is 12.4. The Balaban J connectivity index is 2.80. The molecule has 0 unspecified atom stereocenters. The molecule has 0 amide bonds. The van der Waals surface area contributed by atoms with Crippen molar-refractivity contribution in [1.82, 2.24) is 0 Å². The highest BCUT2D eigenvalue weighted by Gasteiger charge is 2.17. The molecule has 1 rings (SSSR count). The highest BCUT2D eigenvalue weighted by atomic mass is 79.9. The third-order valence-corrected chi connectivity index (χ3v) is 4.38. The minimum absolute atomic E-state index is 0.253. The van der Waals surface area contributed by atoms with Gasteiger partial charge < -0.3 is 0 Å². The zero-order valence-electron chi connectivity index (χ0n) is 11.1. The predicted molar refractivity (Wildman–Crippen MR) is 76.4 cm³/mol. The second-order valence-electron chi connectivity index (χ2n) is 6.42. The molecule has 0 aliphatic carbocycles. The first-order valence-electron chi connectivity index (χ1n) is 5.90. The summed E-state index contributed by atoms with van der Waals surface area (Å²) >= 11 is 3.57. The van der Waals surface area contributed by atoms with Crippen molar-refractivity contribution in [3.05, 3.63) is 35.4 Å². The molecule has 0 aliphatic rings. The summed E-state index contributed by atoms with van der Waals surface area (Å²) in [6.45, 7) is 11.3. The molecule has 0 saturated heterocycles. The predicted octanol–water partition coefficient (Wildman–Crippen LogP) is 4.95. The maximum absolute atomic E-state index is 3.57. The lowest BCUT2D eigenvalue weighted by Gasteiger charge is -2.23. The van der Waals surface area contributed by atoms with Crippen LogP contribution in [0.3, 0.4) is 0 Å². The van der Waals surface area contributed by atoms with Gasteiger partial charge in [0.25, 0.3) is 0 Å². The van der Waals surface area contributed by atoms with Gasteiger partial charge in [0.2, 0.25) is 0 Å². The van der Waals surface area contributed by atoms with E-state index in [2.05, 4.69) is 74.8 Å². The van der Waals surface area contributed by atoms with E-state index in [4.69, 9.17) is 0 Å². The molecule has 0 N–H and O–H groups in total. The van der Waals surface area contributed by atoms with Gasteiger partial charge in [-0.05, 0) is 28.4 Å². The lowest BCUT2D eigenvalue weighted by Crippen LogP contribution is -2.17. The average molecular weight is 283 g/mol. The molecule has 0 radical (unpaired) electrons. The van der Waals surface area contributed by atoms with Crippen LogP contribution < -0.4 is 0 Å². The molecule has 1 aromatic rings. The van der Waals surface area contributed by atoms with Crippen LogP contribution >= 0.6 is 15.9 Å². The van der Waals surface area contributed by atoms with Gasteiger partial charge in [-0.15, -0.1) is 0 Å². The maximum atomic E-state index is 3.57. The molecule has 0 atom stereocenters. The molecule has 0 saturated carbocycles. The molecular weight excluding hydrogens is 260 g/mol. The van der Waals surface area contributed by atoms with E-state index in [1.165, 1.54) is 11.1 Å². The summed E-state index contributed by atoms with van der Waals surface area (Å²) in [6.07, 6.45) is 1.13. The maximum Gasteiger partial charge on any atom is 0.00858 e. The SMILES string of the molecule is CC(C)(CBr)Cc1ccc(C(C)(C)C)cc1. The number of hydrogen-bond donors (Lipinski definition) is 0. The van der Waals surface area contributed by atoms with Crippen molar-refractivity contribution in [3.8, 4) is 0 Å². The van der Waals surface area contributed by atoms with E-state index < -0.39 is 0 Å². The van der Waals surface area contributed by atoms with Crippen molar-refractivity contribution in [2.75, 3.05) is 5.33 Å². The van der Waals surface area contributed by atoms with Crippen LogP contribution in [0.1, 0.15) is 45.7 Å². The Bertz CT molecular complexity index is 327. The van der Waals surface area contributed by atoms with Crippen LogP contribution in [-0.2, 0) is 11.8 Å². The fourth-order valence-corrected chi connectivity index (χ4v) is 1.92. The van der Waals surface area contributed by atoms with E-state index in [9.17, 15) is 0 Å². The smallest absolute Gasteiger partial charge is 0.00858 e. The molecule has 1 aromatic carbocycles. The van der Waals surface area contributed by atoms with Gasteiger partial charge in [0.15, 0.2) is 0 Å². The number of benzene rings is 1. The van der Waals surface area contributed by atoms with Gasteiger partial charge in [0.1, 0.15) is 0 Å². The molecule has 0 fully saturated rings. The van der Waals surface area contributed by atoms with Crippen LogP contribution in [0.25, 0.3) is 0 Å². The van der Waals surface area contributed by atoms with Crippen LogP contribution in [0.5, 0.6) is 0 Å². The Morgan fingerprint density at radius 1 is 0.938 bits per heavy atom. The van der Waals surface area contributed by atoms with E-state index in [-0.39, 0.29) is 5.41 Å². The van der Waals surface area contributed by atoms with Crippen LogP contribution in [0.4, 0.5) is 0 Å². The molecule has 0 aliphatic heterocycles.